The molecular formula is C11H11F2NO3. The molecule has 17 heavy (non-hydrogen) atoms. The second-order valence-corrected chi connectivity index (χ2v) is 3.53. The van der Waals surface area contributed by atoms with Crippen LogP contribution in [0.4, 0.5) is 14.5 Å². The summed E-state index contributed by atoms with van der Waals surface area (Å²) in [6, 6.07) is 1.86. The maximum atomic E-state index is 12.6. The molecule has 0 spiro atoms. The monoisotopic (exact) mass is 243 g/mol. The van der Waals surface area contributed by atoms with Gasteiger partial charge in [-0.05, 0) is 19.4 Å². The molecule has 0 amide bonds. The van der Waals surface area contributed by atoms with Crippen LogP contribution in [0, 0.1) is 10.1 Å². The molecule has 0 bridgehead atoms. The summed E-state index contributed by atoms with van der Waals surface area (Å²) in [6.07, 6.45) is -2.59. The molecule has 1 aromatic carbocycles. The topological polar surface area (TPSA) is 60.2 Å². The van der Waals surface area contributed by atoms with Crippen molar-refractivity contribution in [2.75, 3.05) is 0 Å². The van der Waals surface area contributed by atoms with Crippen LogP contribution in [-0.2, 0) is 6.42 Å². The van der Waals surface area contributed by atoms with Crippen LogP contribution in [0.5, 0.6) is 0 Å². The third-order valence-corrected chi connectivity index (χ3v) is 2.43. The fraction of sp³-hybridized carbons (Fsp3) is 0.364. The van der Waals surface area contributed by atoms with Gasteiger partial charge in [-0.1, -0.05) is 6.92 Å². The van der Waals surface area contributed by atoms with Crippen LogP contribution >= 0.6 is 0 Å². The molecule has 0 N–H and O–H groups in total. The lowest BCUT2D eigenvalue weighted by molar-refractivity contribution is -0.385. The molecule has 1 rings (SSSR count). The van der Waals surface area contributed by atoms with Crippen molar-refractivity contribution >= 4 is 11.5 Å². The molecule has 6 heteroatoms. The lowest BCUT2D eigenvalue weighted by Gasteiger charge is -2.08. The van der Waals surface area contributed by atoms with Gasteiger partial charge in [0.25, 0.3) is 12.1 Å². The Balaban J connectivity index is 3.57. The maximum absolute atomic E-state index is 12.6. The predicted octanol–water partition coefficient (Wildman–Crippen LogP) is 3.30. The summed E-state index contributed by atoms with van der Waals surface area (Å²) < 4.78 is 25.1. The Labute approximate surface area is 96.4 Å². The van der Waals surface area contributed by atoms with Crippen molar-refractivity contribution in [2.45, 2.75) is 26.7 Å². The van der Waals surface area contributed by atoms with Crippen molar-refractivity contribution in [3.05, 3.63) is 38.9 Å². The molecule has 0 aliphatic carbocycles. The van der Waals surface area contributed by atoms with Gasteiger partial charge in [0.15, 0.2) is 5.78 Å². The maximum Gasteiger partial charge on any atom is 0.273 e. The molecule has 0 atom stereocenters. The minimum Gasteiger partial charge on any atom is -0.294 e. The summed E-state index contributed by atoms with van der Waals surface area (Å²) in [5.74, 6) is -0.451. The molecule has 1 aromatic rings. The first kappa shape index (κ1) is 13.2. The standard InChI is InChI=1S/C11H11F2NO3/c1-3-8-9(6(2)15)4-7(11(12)13)5-10(8)14(16)17/h4-5,11H,3H2,1-2H3. The van der Waals surface area contributed by atoms with E-state index in [1.165, 1.54) is 6.92 Å². The van der Waals surface area contributed by atoms with Crippen molar-refractivity contribution < 1.29 is 18.5 Å². The molecular weight excluding hydrogens is 232 g/mol. The molecule has 0 aliphatic rings. The van der Waals surface area contributed by atoms with Gasteiger partial charge in [-0.2, -0.15) is 0 Å². The van der Waals surface area contributed by atoms with E-state index < -0.39 is 28.4 Å². The second-order valence-electron chi connectivity index (χ2n) is 3.53. The van der Waals surface area contributed by atoms with E-state index in [0.29, 0.717) is 0 Å². The van der Waals surface area contributed by atoms with Gasteiger partial charge in [-0.15, -0.1) is 0 Å². The summed E-state index contributed by atoms with van der Waals surface area (Å²) in [5, 5.41) is 10.8. The lowest BCUT2D eigenvalue weighted by atomic mass is 9.97. The SMILES string of the molecule is CCc1c(C(C)=O)cc(C(F)F)cc1[N+](=O)[O-]. The molecule has 0 heterocycles. The van der Waals surface area contributed by atoms with Crippen molar-refractivity contribution in [1.82, 2.24) is 0 Å². The number of benzene rings is 1. The van der Waals surface area contributed by atoms with E-state index >= 15 is 0 Å². The van der Waals surface area contributed by atoms with Gasteiger partial charge in [-0.25, -0.2) is 8.78 Å². The van der Waals surface area contributed by atoms with E-state index in [4.69, 9.17) is 0 Å². The zero-order valence-corrected chi connectivity index (χ0v) is 9.37. The van der Waals surface area contributed by atoms with Gasteiger partial charge < -0.3 is 0 Å². The Kier molecular flexibility index (Phi) is 3.88. The van der Waals surface area contributed by atoms with E-state index in [-0.39, 0.29) is 17.5 Å². The highest BCUT2D eigenvalue weighted by molar-refractivity contribution is 5.96. The van der Waals surface area contributed by atoms with Gasteiger partial charge in [0.05, 0.1) is 4.92 Å². The van der Waals surface area contributed by atoms with Crippen LogP contribution in [0.25, 0.3) is 0 Å². The van der Waals surface area contributed by atoms with Gasteiger partial charge in [0.2, 0.25) is 0 Å². The lowest BCUT2D eigenvalue weighted by Crippen LogP contribution is -2.05. The number of Topliss-reactive ketones (excluding diaryl/α,β-unsaturated/α-hetero) is 1. The molecule has 0 radical (unpaired) electrons. The highest BCUT2D eigenvalue weighted by Gasteiger charge is 2.23. The first-order chi connectivity index (χ1) is 7.88. The number of alkyl halides is 2. The Morgan fingerprint density at radius 2 is 2.06 bits per heavy atom. The van der Waals surface area contributed by atoms with Crippen LogP contribution in [0.2, 0.25) is 0 Å². The van der Waals surface area contributed by atoms with Crippen molar-refractivity contribution in [1.29, 1.82) is 0 Å². The third-order valence-electron chi connectivity index (χ3n) is 2.43. The Bertz CT molecular complexity index is 437. The molecule has 0 fully saturated rings. The van der Waals surface area contributed by atoms with Crippen LogP contribution in [0.15, 0.2) is 12.1 Å². The highest BCUT2D eigenvalue weighted by atomic mass is 19.3. The number of rotatable bonds is 4. The normalized spacial score (nSPS) is 10.6. The number of carbonyl (C=O) groups excluding carboxylic acids is 1. The van der Waals surface area contributed by atoms with E-state index in [1.54, 1.807) is 6.92 Å². The molecule has 0 saturated heterocycles. The summed E-state index contributed by atoms with van der Waals surface area (Å²) in [5.41, 5.74) is -0.724. The van der Waals surface area contributed by atoms with Gasteiger partial charge in [0, 0.05) is 22.8 Å². The zero-order valence-electron chi connectivity index (χ0n) is 9.37. The number of nitro benzene ring substituents is 1. The number of carbonyl (C=O) groups is 1. The summed E-state index contributed by atoms with van der Waals surface area (Å²) >= 11 is 0. The number of ketones is 1. The fourth-order valence-electron chi connectivity index (χ4n) is 1.65. The van der Waals surface area contributed by atoms with E-state index in [2.05, 4.69) is 0 Å². The summed E-state index contributed by atoms with van der Waals surface area (Å²) in [6.45, 7) is 2.84. The van der Waals surface area contributed by atoms with Gasteiger partial charge in [-0.3, -0.25) is 14.9 Å². The molecule has 4 nitrogen and oxygen atoms in total. The zero-order chi connectivity index (χ0) is 13.2. The average Bonchev–Trinajstić information content (AvgIpc) is 2.26. The number of nitrogens with zero attached hydrogens (tertiary/aromatic N) is 1. The minimum absolute atomic E-state index is 0.00278. The Hall–Kier alpha value is -1.85. The van der Waals surface area contributed by atoms with Gasteiger partial charge in [0.1, 0.15) is 0 Å². The highest BCUT2D eigenvalue weighted by Crippen LogP contribution is 2.30. The van der Waals surface area contributed by atoms with Crippen molar-refractivity contribution in [3.8, 4) is 0 Å². The quantitative estimate of drug-likeness (QED) is 0.463. The minimum atomic E-state index is -2.84. The third kappa shape index (κ3) is 2.64. The van der Waals surface area contributed by atoms with E-state index in [9.17, 15) is 23.7 Å². The Morgan fingerprint density at radius 1 is 1.47 bits per heavy atom. The molecule has 92 valence electrons. The van der Waals surface area contributed by atoms with Gasteiger partial charge >= 0.3 is 0 Å². The van der Waals surface area contributed by atoms with Crippen LogP contribution < -0.4 is 0 Å². The van der Waals surface area contributed by atoms with Crippen LogP contribution in [-0.4, -0.2) is 10.7 Å². The number of hydrogen-bond acceptors (Lipinski definition) is 3. The van der Waals surface area contributed by atoms with Crippen LogP contribution in [0.1, 0.15) is 41.8 Å². The fourth-order valence-corrected chi connectivity index (χ4v) is 1.65. The van der Waals surface area contributed by atoms with E-state index in [0.717, 1.165) is 12.1 Å². The first-order valence-corrected chi connectivity index (χ1v) is 4.98. The average molecular weight is 243 g/mol. The molecule has 0 aliphatic heterocycles. The number of hydrogen-bond donors (Lipinski definition) is 0. The molecule has 0 aromatic heterocycles. The second kappa shape index (κ2) is 4.99. The Morgan fingerprint density at radius 3 is 2.41 bits per heavy atom. The van der Waals surface area contributed by atoms with Crippen molar-refractivity contribution in [2.24, 2.45) is 0 Å². The summed E-state index contributed by atoms with van der Waals surface area (Å²) in [7, 11) is 0. The predicted molar refractivity (Wildman–Crippen MR) is 57.4 cm³/mol. The molecule has 0 saturated carbocycles. The smallest absolute Gasteiger partial charge is 0.273 e. The first-order valence-electron chi connectivity index (χ1n) is 4.98. The van der Waals surface area contributed by atoms with E-state index in [1.807, 2.05) is 0 Å². The van der Waals surface area contributed by atoms with Crippen LogP contribution in [0.3, 0.4) is 0 Å². The number of halogens is 2. The largest absolute Gasteiger partial charge is 0.294 e. The van der Waals surface area contributed by atoms with Crippen molar-refractivity contribution in [3.63, 3.8) is 0 Å². The number of nitro groups is 1. The molecule has 0 unspecified atom stereocenters. The summed E-state index contributed by atoms with van der Waals surface area (Å²) in [4.78, 5) is 21.3.